The van der Waals surface area contributed by atoms with Crippen molar-refractivity contribution < 1.29 is 0 Å². The maximum atomic E-state index is 5.79. The summed E-state index contributed by atoms with van der Waals surface area (Å²) in [7, 11) is 0. The fourth-order valence-corrected chi connectivity index (χ4v) is 2.09. The SMILES string of the molecule is CCc1cc(-n2cnc(-c3cccc(N)c3)n2)nc(C)n1. The monoisotopic (exact) mass is 280 g/mol. The summed E-state index contributed by atoms with van der Waals surface area (Å²) in [6.45, 7) is 3.93. The van der Waals surface area contributed by atoms with E-state index in [1.54, 1.807) is 11.0 Å². The summed E-state index contributed by atoms with van der Waals surface area (Å²) >= 11 is 0. The molecule has 0 saturated carbocycles. The number of nitrogens with zero attached hydrogens (tertiary/aromatic N) is 5. The van der Waals surface area contributed by atoms with Gasteiger partial charge in [-0.1, -0.05) is 19.1 Å². The molecule has 2 heterocycles. The van der Waals surface area contributed by atoms with E-state index in [-0.39, 0.29) is 0 Å². The molecule has 0 unspecified atom stereocenters. The lowest BCUT2D eigenvalue weighted by atomic mass is 10.2. The molecule has 3 aromatic rings. The van der Waals surface area contributed by atoms with Crippen molar-refractivity contribution in [1.29, 1.82) is 0 Å². The highest BCUT2D eigenvalue weighted by atomic mass is 15.4. The molecule has 0 aliphatic heterocycles. The normalized spacial score (nSPS) is 10.8. The molecule has 2 N–H and O–H groups in total. The minimum atomic E-state index is 0.622. The zero-order valence-electron chi connectivity index (χ0n) is 12.0. The topological polar surface area (TPSA) is 82.5 Å². The van der Waals surface area contributed by atoms with Crippen LogP contribution in [0.25, 0.3) is 17.2 Å². The molecule has 0 radical (unpaired) electrons. The maximum Gasteiger partial charge on any atom is 0.181 e. The number of hydrogen-bond donors (Lipinski definition) is 1. The number of aryl methyl sites for hydroxylation is 2. The van der Waals surface area contributed by atoms with Crippen LogP contribution in [0.4, 0.5) is 5.69 Å². The quantitative estimate of drug-likeness (QED) is 0.743. The fourth-order valence-electron chi connectivity index (χ4n) is 2.09. The van der Waals surface area contributed by atoms with Crippen LogP contribution in [0.1, 0.15) is 18.4 Å². The van der Waals surface area contributed by atoms with Gasteiger partial charge in [0.15, 0.2) is 11.6 Å². The highest BCUT2D eigenvalue weighted by Gasteiger charge is 2.08. The van der Waals surface area contributed by atoms with Crippen LogP contribution in [0.2, 0.25) is 0 Å². The summed E-state index contributed by atoms with van der Waals surface area (Å²) in [5.74, 6) is 2.07. The fraction of sp³-hybridized carbons (Fsp3) is 0.200. The first kappa shape index (κ1) is 13.2. The lowest BCUT2D eigenvalue weighted by Crippen LogP contribution is -2.03. The number of anilines is 1. The summed E-state index contributed by atoms with van der Waals surface area (Å²) in [6, 6.07) is 9.42. The largest absolute Gasteiger partial charge is 0.399 e. The van der Waals surface area contributed by atoms with Crippen molar-refractivity contribution in [3.8, 4) is 17.2 Å². The second-order valence-corrected chi connectivity index (χ2v) is 4.76. The highest BCUT2D eigenvalue weighted by Crippen LogP contribution is 2.18. The van der Waals surface area contributed by atoms with Crippen LogP contribution in [-0.4, -0.2) is 24.7 Å². The van der Waals surface area contributed by atoms with Gasteiger partial charge in [-0.3, -0.25) is 0 Å². The van der Waals surface area contributed by atoms with E-state index in [1.165, 1.54) is 0 Å². The van der Waals surface area contributed by atoms with Gasteiger partial charge in [0.25, 0.3) is 0 Å². The van der Waals surface area contributed by atoms with Crippen LogP contribution in [0.5, 0.6) is 0 Å². The van der Waals surface area contributed by atoms with E-state index in [4.69, 9.17) is 5.73 Å². The molecule has 6 nitrogen and oxygen atoms in total. The lowest BCUT2D eigenvalue weighted by Gasteiger charge is -2.03. The van der Waals surface area contributed by atoms with E-state index in [9.17, 15) is 0 Å². The summed E-state index contributed by atoms with van der Waals surface area (Å²) in [6.07, 6.45) is 2.51. The summed E-state index contributed by atoms with van der Waals surface area (Å²) < 4.78 is 1.66. The minimum Gasteiger partial charge on any atom is -0.399 e. The van der Waals surface area contributed by atoms with E-state index in [0.717, 1.165) is 29.3 Å². The number of hydrogen-bond acceptors (Lipinski definition) is 5. The third kappa shape index (κ3) is 2.74. The average molecular weight is 280 g/mol. The third-order valence-electron chi connectivity index (χ3n) is 3.11. The molecule has 2 aromatic heterocycles. The Morgan fingerprint density at radius 2 is 2.05 bits per heavy atom. The van der Waals surface area contributed by atoms with Crippen LogP contribution in [0.3, 0.4) is 0 Å². The molecule has 0 amide bonds. The first-order valence-corrected chi connectivity index (χ1v) is 6.78. The van der Waals surface area contributed by atoms with Gasteiger partial charge < -0.3 is 5.73 Å². The summed E-state index contributed by atoms with van der Waals surface area (Å²) in [5, 5.41) is 4.47. The Balaban J connectivity index is 2.00. The van der Waals surface area contributed by atoms with Crippen LogP contribution in [0.15, 0.2) is 36.7 Å². The van der Waals surface area contributed by atoms with Crippen LogP contribution < -0.4 is 5.73 Å². The Bertz CT molecular complexity index is 777. The Labute approximate surface area is 122 Å². The minimum absolute atomic E-state index is 0.622. The molecule has 0 bridgehead atoms. The first-order valence-electron chi connectivity index (χ1n) is 6.78. The second-order valence-electron chi connectivity index (χ2n) is 4.76. The molecule has 0 aliphatic carbocycles. The van der Waals surface area contributed by atoms with E-state index in [1.807, 2.05) is 37.3 Å². The Morgan fingerprint density at radius 1 is 1.19 bits per heavy atom. The number of aromatic nitrogens is 5. The first-order chi connectivity index (χ1) is 10.2. The van der Waals surface area contributed by atoms with Crippen LogP contribution in [0, 0.1) is 6.92 Å². The van der Waals surface area contributed by atoms with Gasteiger partial charge in [-0.15, -0.1) is 5.10 Å². The van der Waals surface area contributed by atoms with Gasteiger partial charge in [-0.05, 0) is 25.5 Å². The molecule has 0 atom stereocenters. The van der Waals surface area contributed by atoms with Crippen molar-refractivity contribution >= 4 is 5.69 Å². The molecule has 3 rings (SSSR count). The van der Waals surface area contributed by atoms with Crippen molar-refractivity contribution in [3.63, 3.8) is 0 Å². The van der Waals surface area contributed by atoms with Gasteiger partial charge in [-0.25, -0.2) is 19.6 Å². The standard InChI is InChI=1S/C15H16N6/c1-3-13-8-14(19-10(2)18-13)21-9-17-15(20-21)11-5-4-6-12(16)7-11/h4-9H,3,16H2,1-2H3. The van der Waals surface area contributed by atoms with E-state index in [0.29, 0.717) is 11.5 Å². The zero-order chi connectivity index (χ0) is 14.8. The zero-order valence-corrected chi connectivity index (χ0v) is 12.0. The molecule has 0 saturated heterocycles. The number of nitrogens with two attached hydrogens (primary N) is 1. The predicted molar refractivity (Wildman–Crippen MR) is 80.9 cm³/mol. The van der Waals surface area contributed by atoms with Gasteiger partial charge in [0.1, 0.15) is 12.2 Å². The molecule has 1 aromatic carbocycles. The van der Waals surface area contributed by atoms with Crippen molar-refractivity contribution in [2.45, 2.75) is 20.3 Å². The van der Waals surface area contributed by atoms with Crippen LogP contribution >= 0.6 is 0 Å². The Morgan fingerprint density at radius 3 is 2.81 bits per heavy atom. The van der Waals surface area contributed by atoms with Gasteiger partial charge in [0, 0.05) is 23.0 Å². The van der Waals surface area contributed by atoms with E-state index < -0.39 is 0 Å². The number of nitrogen functional groups attached to an aromatic ring is 1. The molecular formula is C15H16N6. The van der Waals surface area contributed by atoms with Crippen molar-refractivity contribution in [2.75, 3.05) is 5.73 Å². The Hall–Kier alpha value is -2.76. The van der Waals surface area contributed by atoms with Gasteiger partial charge in [0.2, 0.25) is 0 Å². The van der Waals surface area contributed by atoms with Crippen molar-refractivity contribution in [3.05, 3.63) is 48.2 Å². The molecule has 106 valence electrons. The lowest BCUT2D eigenvalue weighted by molar-refractivity contribution is 0.815. The van der Waals surface area contributed by atoms with Gasteiger partial charge in [0.05, 0.1) is 0 Å². The van der Waals surface area contributed by atoms with E-state index in [2.05, 4.69) is 27.0 Å². The highest BCUT2D eigenvalue weighted by molar-refractivity contribution is 5.60. The molecule has 0 fully saturated rings. The average Bonchev–Trinajstić information content (AvgIpc) is 2.96. The van der Waals surface area contributed by atoms with E-state index >= 15 is 0 Å². The molecule has 0 aliphatic rings. The smallest absolute Gasteiger partial charge is 0.181 e. The Kier molecular flexibility index (Phi) is 3.35. The molecular weight excluding hydrogens is 264 g/mol. The van der Waals surface area contributed by atoms with Gasteiger partial charge >= 0.3 is 0 Å². The third-order valence-corrected chi connectivity index (χ3v) is 3.11. The molecule has 21 heavy (non-hydrogen) atoms. The molecule has 0 spiro atoms. The summed E-state index contributed by atoms with van der Waals surface area (Å²) in [4.78, 5) is 13.1. The maximum absolute atomic E-state index is 5.79. The second kappa shape index (κ2) is 5.32. The van der Waals surface area contributed by atoms with Crippen LogP contribution in [-0.2, 0) is 6.42 Å². The predicted octanol–water partition coefficient (Wildman–Crippen LogP) is 2.18. The van der Waals surface area contributed by atoms with Gasteiger partial charge in [-0.2, -0.15) is 0 Å². The number of rotatable bonds is 3. The summed E-state index contributed by atoms with van der Waals surface area (Å²) in [5.41, 5.74) is 8.35. The van der Waals surface area contributed by atoms with Crippen molar-refractivity contribution in [2.24, 2.45) is 0 Å². The molecule has 6 heteroatoms. The number of benzene rings is 1. The van der Waals surface area contributed by atoms with Crippen molar-refractivity contribution in [1.82, 2.24) is 24.7 Å².